The van der Waals surface area contributed by atoms with Gasteiger partial charge in [0.15, 0.2) is 0 Å². The van der Waals surface area contributed by atoms with Gasteiger partial charge in [0.1, 0.15) is 0 Å². The van der Waals surface area contributed by atoms with Crippen molar-refractivity contribution >= 4 is 34.2 Å². The van der Waals surface area contributed by atoms with Gasteiger partial charge in [-0.1, -0.05) is 61.9 Å². The van der Waals surface area contributed by atoms with Gasteiger partial charge in [0.2, 0.25) is 0 Å². The minimum atomic E-state index is -0.0993. The van der Waals surface area contributed by atoms with Crippen LogP contribution in [0.1, 0.15) is 58.9 Å². The molecule has 5 aromatic rings. The predicted octanol–water partition coefficient (Wildman–Crippen LogP) is 9.57. The number of rotatable bonds is 2. The van der Waals surface area contributed by atoms with Gasteiger partial charge >= 0.3 is 0 Å². The Morgan fingerprint density at radius 2 is 1.31 bits per heavy atom. The molecule has 0 spiro atoms. The van der Waals surface area contributed by atoms with Crippen LogP contribution in [0, 0.1) is 27.7 Å². The van der Waals surface area contributed by atoms with Gasteiger partial charge in [-0.05, 0) is 98.0 Å². The average molecular weight is 549 g/mol. The number of hydrogen-bond donors (Lipinski definition) is 2. The van der Waals surface area contributed by atoms with Crippen LogP contribution in [0.3, 0.4) is 0 Å². The van der Waals surface area contributed by atoms with Crippen molar-refractivity contribution in [2.24, 2.45) is 0 Å². The Kier molecular flexibility index (Phi) is 6.05. The number of nitrogens with zero attached hydrogens (tertiary/aromatic N) is 2. The molecule has 0 atom stereocenters. The van der Waals surface area contributed by atoms with Crippen LogP contribution in [0.25, 0.3) is 56.5 Å². The quantitative estimate of drug-likeness (QED) is 0.226. The fourth-order valence-electron chi connectivity index (χ4n) is 6.67. The van der Waals surface area contributed by atoms with Gasteiger partial charge < -0.3 is 9.97 Å². The Labute approximate surface area is 247 Å². The monoisotopic (exact) mass is 548 g/mol. The Bertz CT molecular complexity index is 2050. The molecule has 0 aliphatic carbocycles. The number of nitrogens with one attached hydrogen (secondary N) is 2. The number of aromatic nitrogens is 4. The second-order valence-electron chi connectivity index (χ2n) is 12.5. The van der Waals surface area contributed by atoms with Gasteiger partial charge in [-0.15, -0.1) is 0 Å². The summed E-state index contributed by atoms with van der Waals surface area (Å²) in [5.74, 6) is 0. The van der Waals surface area contributed by atoms with E-state index in [2.05, 4.69) is 136 Å². The van der Waals surface area contributed by atoms with E-state index in [0.717, 1.165) is 73.5 Å². The summed E-state index contributed by atoms with van der Waals surface area (Å²) in [7, 11) is 0. The smallest absolute Gasteiger partial charge is 0.0737 e. The summed E-state index contributed by atoms with van der Waals surface area (Å²) < 4.78 is 0. The molecule has 0 radical (unpaired) electrons. The topological polar surface area (TPSA) is 57.4 Å². The van der Waals surface area contributed by atoms with Gasteiger partial charge in [0.25, 0.3) is 0 Å². The van der Waals surface area contributed by atoms with Crippen LogP contribution >= 0.6 is 0 Å². The van der Waals surface area contributed by atoms with Crippen molar-refractivity contribution < 1.29 is 0 Å². The van der Waals surface area contributed by atoms with Crippen LogP contribution in [0.15, 0.2) is 72.8 Å². The molecule has 7 rings (SSSR count). The summed E-state index contributed by atoms with van der Waals surface area (Å²) >= 11 is 0. The molecule has 0 saturated carbocycles. The second kappa shape index (κ2) is 9.70. The maximum Gasteiger partial charge on any atom is 0.0737 e. The molecule has 3 aromatic heterocycles. The van der Waals surface area contributed by atoms with E-state index in [9.17, 15) is 0 Å². The maximum absolute atomic E-state index is 5.32. The molecule has 5 heterocycles. The Morgan fingerprint density at radius 1 is 0.643 bits per heavy atom. The number of hydrogen-bond acceptors (Lipinski definition) is 2. The number of aromatic amines is 2. The van der Waals surface area contributed by atoms with E-state index in [1.165, 1.54) is 22.3 Å². The fourth-order valence-corrected chi connectivity index (χ4v) is 6.67. The number of H-pyrrole nitrogens is 2. The zero-order chi connectivity index (χ0) is 29.2. The molecule has 2 aromatic carbocycles. The molecule has 2 aliphatic rings. The summed E-state index contributed by atoms with van der Waals surface area (Å²) in [6.45, 7) is 13.3. The lowest BCUT2D eigenvalue weighted by Gasteiger charge is -2.16. The van der Waals surface area contributed by atoms with Crippen LogP contribution < -0.4 is 0 Å². The van der Waals surface area contributed by atoms with Crippen molar-refractivity contribution in [2.45, 2.75) is 53.4 Å². The zero-order valence-corrected chi connectivity index (χ0v) is 25.2. The molecule has 0 fully saturated rings. The van der Waals surface area contributed by atoms with Crippen LogP contribution in [-0.2, 0) is 11.8 Å². The first kappa shape index (κ1) is 26.2. The number of benzene rings is 2. The van der Waals surface area contributed by atoms with Crippen molar-refractivity contribution in [2.75, 3.05) is 0 Å². The predicted molar refractivity (Wildman–Crippen MR) is 176 cm³/mol. The first-order chi connectivity index (χ1) is 20.2. The van der Waals surface area contributed by atoms with Crippen LogP contribution in [0.4, 0.5) is 0 Å². The highest BCUT2D eigenvalue weighted by Crippen LogP contribution is 2.39. The summed E-state index contributed by atoms with van der Waals surface area (Å²) in [5, 5.41) is 0. The van der Waals surface area contributed by atoms with Crippen molar-refractivity contribution in [3.63, 3.8) is 0 Å². The van der Waals surface area contributed by atoms with E-state index >= 15 is 0 Å². The highest BCUT2D eigenvalue weighted by molar-refractivity contribution is 5.95. The lowest BCUT2D eigenvalue weighted by atomic mass is 9.85. The van der Waals surface area contributed by atoms with Crippen molar-refractivity contribution in [1.29, 1.82) is 0 Å². The Morgan fingerprint density at radius 3 is 2.05 bits per heavy atom. The molecule has 42 heavy (non-hydrogen) atoms. The Hall–Kier alpha value is -4.70. The highest BCUT2D eigenvalue weighted by Gasteiger charge is 2.30. The first-order valence-electron chi connectivity index (χ1n) is 14.7. The first-order valence-corrected chi connectivity index (χ1v) is 14.7. The lowest BCUT2D eigenvalue weighted by molar-refractivity contribution is 0.544. The van der Waals surface area contributed by atoms with Crippen LogP contribution in [-0.4, -0.2) is 19.9 Å². The summed E-state index contributed by atoms with van der Waals surface area (Å²) in [5.41, 5.74) is 17.8. The maximum atomic E-state index is 5.32. The fraction of sp³-hybridized carbons (Fsp3) is 0.211. The van der Waals surface area contributed by atoms with E-state index in [1.807, 2.05) is 0 Å². The second-order valence-corrected chi connectivity index (χ2v) is 12.5. The van der Waals surface area contributed by atoms with E-state index in [1.54, 1.807) is 0 Å². The number of fused-ring (bicyclic) bond motifs is 8. The largest absolute Gasteiger partial charge is 0.355 e. The minimum absolute atomic E-state index is 0.0993. The normalized spacial score (nSPS) is 14.0. The molecule has 2 N–H and O–H groups in total. The van der Waals surface area contributed by atoms with E-state index in [-0.39, 0.29) is 5.41 Å². The van der Waals surface area contributed by atoms with E-state index in [0.29, 0.717) is 0 Å². The highest BCUT2D eigenvalue weighted by atomic mass is 14.8. The lowest BCUT2D eigenvalue weighted by Crippen LogP contribution is -2.15. The summed E-state index contributed by atoms with van der Waals surface area (Å²) in [6, 6.07) is 26.1. The SMILES string of the molecule is Cc1cc(C)c(-c2c3nc(c(C)c4ccc(cc5nc(c(-c6ccccc6)c6ccc2[nH]6)CC5(C)C)[nH]4)C=C3)c(C)c1. The third kappa shape index (κ3) is 4.39. The molecule has 0 amide bonds. The molecule has 0 unspecified atom stereocenters. The van der Waals surface area contributed by atoms with Crippen LogP contribution in [0.2, 0.25) is 0 Å². The van der Waals surface area contributed by atoms with Gasteiger partial charge in [-0.2, -0.15) is 0 Å². The summed E-state index contributed by atoms with van der Waals surface area (Å²) in [4.78, 5) is 18.0. The third-order valence-corrected chi connectivity index (χ3v) is 8.75. The summed E-state index contributed by atoms with van der Waals surface area (Å²) in [6.07, 6.45) is 5.16. The molecule has 4 heteroatoms. The standard InChI is InChI=1S/C38H36N4/c1-22-18-23(2)35(24(3)19-22)37-31-15-14-29(40-31)25(4)28-13-12-27(39-28)20-34-38(5,6)21-33(42-34)36(26-10-8-7-9-11-26)30-16-17-32(37)41-30/h7-20,39,41H,21H2,1-6H3. The molecule has 8 bridgehead atoms. The molecule has 208 valence electrons. The molecule has 0 saturated heterocycles. The van der Waals surface area contributed by atoms with Crippen molar-refractivity contribution in [1.82, 2.24) is 19.9 Å². The van der Waals surface area contributed by atoms with Gasteiger partial charge in [0, 0.05) is 50.7 Å². The molecular weight excluding hydrogens is 512 g/mol. The van der Waals surface area contributed by atoms with Gasteiger partial charge in [-0.3, -0.25) is 4.98 Å². The zero-order valence-electron chi connectivity index (χ0n) is 25.2. The average Bonchev–Trinajstić information content (AvgIpc) is 3.75. The van der Waals surface area contributed by atoms with Crippen LogP contribution in [0.5, 0.6) is 0 Å². The van der Waals surface area contributed by atoms with E-state index in [4.69, 9.17) is 9.97 Å². The van der Waals surface area contributed by atoms with Gasteiger partial charge in [-0.25, -0.2) is 4.98 Å². The van der Waals surface area contributed by atoms with Crippen molar-refractivity contribution in [3.05, 3.63) is 118 Å². The van der Waals surface area contributed by atoms with Crippen molar-refractivity contribution in [3.8, 4) is 22.3 Å². The van der Waals surface area contributed by atoms with Gasteiger partial charge in [0.05, 0.1) is 17.1 Å². The Balaban J connectivity index is 1.69. The third-order valence-electron chi connectivity index (χ3n) is 8.75. The molecule has 2 aliphatic heterocycles. The number of aryl methyl sites for hydroxylation is 4. The molecule has 4 nitrogen and oxygen atoms in total. The van der Waals surface area contributed by atoms with E-state index < -0.39 is 0 Å². The minimum Gasteiger partial charge on any atom is -0.355 e. The molecular formula is C38H36N4.